The second kappa shape index (κ2) is 5.92. The molecular formula is C20H20. The van der Waals surface area contributed by atoms with Gasteiger partial charge in [0.1, 0.15) is 0 Å². The van der Waals surface area contributed by atoms with Gasteiger partial charge in [-0.1, -0.05) is 66.8 Å². The van der Waals surface area contributed by atoms with Crippen molar-refractivity contribution in [3.63, 3.8) is 0 Å². The molecule has 0 aromatic heterocycles. The fourth-order valence-electron chi connectivity index (χ4n) is 2.72. The van der Waals surface area contributed by atoms with E-state index in [-0.39, 0.29) is 0 Å². The van der Waals surface area contributed by atoms with Gasteiger partial charge >= 0.3 is 0 Å². The van der Waals surface area contributed by atoms with Gasteiger partial charge in [0.25, 0.3) is 0 Å². The first-order valence-corrected chi connectivity index (χ1v) is 7.32. The number of benzene rings is 2. The van der Waals surface area contributed by atoms with E-state index in [4.69, 9.17) is 0 Å². The molecule has 0 fully saturated rings. The SMILES string of the molecule is Cc1ccccc1CCc1ccc(C2=CC=CC2)cc1. The Labute approximate surface area is 121 Å². The highest BCUT2D eigenvalue weighted by Gasteiger charge is 2.03. The van der Waals surface area contributed by atoms with E-state index in [1.54, 1.807) is 0 Å². The van der Waals surface area contributed by atoms with Crippen LogP contribution in [0.2, 0.25) is 0 Å². The van der Waals surface area contributed by atoms with Gasteiger partial charge < -0.3 is 0 Å². The number of rotatable bonds is 4. The summed E-state index contributed by atoms with van der Waals surface area (Å²) in [4.78, 5) is 0. The molecule has 3 rings (SSSR count). The molecule has 0 heterocycles. The molecule has 0 saturated heterocycles. The van der Waals surface area contributed by atoms with Crippen molar-refractivity contribution in [1.29, 1.82) is 0 Å². The van der Waals surface area contributed by atoms with Crippen molar-refractivity contribution in [1.82, 2.24) is 0 Å². The van der Waals surface area contributed by atoms with E-state index in [1.807, 2.05) is 0 Å². The summed E-state index contributed by atoms with van der Waals surface area (Å²) in [5, 5.41) is 0. The molecule has 2 aromatic rings. The quantitative estimate of drug-likeness (QED) is 0.715. The second-order valence-corrected chi connectivity index (χ2v) is 5.45. The maximum absolute atomic E-state index is 2.27. The molecule has 0 nitrogen and oxygen atoms in total. The van der Waals surface area contributed by atoms with Crippen LogP contribution in [0.3, 0.4) is 0 Å². The van der Waals surface area contributed by atoms with E-state index in [1.165, 1.54) is 27.8 Å². The Morgan fingerprint density at radius 3 is 2.40 bits per heavy atom. The third-order valence-electron chi connectivity index (χ3n) is 4.04. The van der Waals surface area contributed by atoms with Gasteiger partial charge in [-0.2, -0.15) is 0 Å². The fourth-order valence-corrected chi connectivity index (χ4v) is 2.72. The predicted octanol–water partition coefficient (Wildman–Crippen LogP) is 5.12. The fraction of sp³-hybridized carbons (Fsp3) is 0.200. The first kappa shape index (κ1) is 12.9. The van der Waals surface area contributed by atoms with E-state index in [9.17, 15) is 0 Å². The predicted molar refractivity (Wildman–Crippen MR) is 86.8 cm³/mol. The van der Waals surface area contributed by atoms with E-state index in [0.717, 1.165) is 19.3 Å². The Morgan fingerprint density at radius 1 is 0.900 bits per heavy atom. The van der Waals surface area contributed by atoms with E-state index < -0.39 is 0 Å². The number of hydrogen-bond donors (Lipinski definition) is 0. The minimum Gasteiger partial charge on any atom is -0.0801 e. The van der Waals surface area contributed by atoms with Gasteiger partial charge in [-0.25, -0.2) is 0 Å². The lowest BCUT2D eigenvalue weighted by Crippen LogP contribution is -1.94. The van der Waals surface area contributed by atoms with Gasteiger partial charge in [-0.15, -0.1) is 0 Å². The molecule has 0 saturated carbocycles. The first-order valence-electron chi connectivity index (χ1n) is 7.32. The van der Waals surface area contributed by atoms with Gasteiger partial charge in [0.2, 0.25) is 0 Å². The van der Waals surface area contributed by atoms with E-state index in [2.05, 4.69) is 73.7 Å². The summed E-state index contributed by atoms with van der Waals surface area (Å²) in [5.74, 6) is 0. The minimum absolute atomic E-state index is 1.07. The first-order chi connectivity index (χ1) is 9.83. The molecule has 2 aromatic carbocycles. The molecular weight excluding hydrogens is 240 g/mol. The van der Waals surface area contributed by atoms with Crippen LogP contribution in [0, 0.1) is 6.92 Å². The van der Waals surface area contributed by atoms with Crippen LogP contribution in [0.15, 0.2) is 66.8 Å². The van der Waals surface area contributed by atoms with Gasteiger partial charge in [0, 0.05) is 0 Å². The maximum Gasteiger partial charge on any atom is -0.00884 e. The summed E-state index contributed by atoms with van der Waals surface area (Å²) in [7, 11) is 0. The van der Waals surface area contributed by atoms with Crippen LogP contribution in [-0.4, -0.2) is 0 Å². The Balaban J connectivity index is 1.65. The smallest absolute Gasteiger partial charge is 0.00884 e. The average molecular weight is 260 g/mol. The topological polar surface area (TPSA) is 0 Å². The lowest BCUT2D eigenvalue weighted by molar-refractivity contribution is 0.949. The van der Waals surface area contributed by atoms with Crippen molar-refractivity contribution < 1.29 is 0 Å². The highest BCUT2D eigenvalue weighted by atomic mass is 14.1. The average Bonchev–Trinajstić information content (AvgIpc) is 3.01. The monoisotopic (exact) mass is 260 g/mol. The Kier molecular flexibility index (Phi) is 3.83. The maximum atomic E-state index is 2.27. The van der Waals surface area contributed by atoms with Crippen LogP contribution < -0.4 is 0 Å². The molecule has 0 radical (unpaired) electrons. The summed E-state index contributed by atoms with van der Waals surface area (Å²) in [6.07, 6.45) is 9.87. The molecule has 1 aliphatic carbocycles. The Hall–Kier alpha value is -2.08. The lowest BCUT2D eigenvalue weighted by Gasteiger charge is -2.07. The standard InChI is InChI=1S/C20H20/c1-16-6-2-3-7-18(16)13-10-17-11-14-20(15-12-17)19-8-4-5-9-19/h2-8,11-12,14-15H,9-10,13H2,1H3. The molecule has 1 aliphatic rings. The third kappa shape index (κ3) is 2.91. The summed E-state index contributed by atoms with van der Waals surface area (Å²) in [6.45, 7) is 2.19. The van der Waals surface area contributed by atoms with Crippen LogP contribution in [-0.2, 0) is 12.8 Å². The number of aryl methyl sites for hydroxylation is 3. The third-order valence-corrected chi connectivity index (χ3v) is 4.04. The van der Waals surface area contributed by atoms with Crippen molar-refractivity contribution in [3.8, 4) is 0 Å². The van der Waals surface area contributed by atoms with Crippen LogP contribution >= 0.6 is 0 Å². The molecule has 20 heavy (non-hydrogen) atoms. The summed E-state index contributed by atoms with van der Waals surface area (Å²) in [5.41, 5.74) is 7.05. The van der Waals surface area contributed by atoms with Gasteiger partial charge in [0.05, 0.1) is 0 Å². The Bertz CT molecular complexity index is 642. The largest absolute Gasteiger partial charge is 0.0801 e. The van der Waals surface area contributed by atoms with Crippen molar-refractivity contribution in [2.45, 2.75) is 26.2 Å². The highest BCUT2D eigenvalue weighted by Crippen LogP contribution is 2.23. The lowest BCUT2D eigenvalue weighted by atomic mass is 9.98. The molecule has 0 atom stereocenters. The van der Waals surface area contributed by atoms with E-state index in [0.29, 0.717) is 0 Å². The van der Waals surface area contributed by atoms with Gasteiger partial charge in [-0.05, 0) is 54.0 Å². The highest BCUT2D eigenvalue weighted by molar-refractivity contribution is 5.70. The van der Waals surface area contributed by atoms with Crippen LogP contribution in [0.5, 0.6) is 0 Å². The van der Waals surface area contributed by atoms with Crippen molar-refractivity contribution in [3.05, 3.63) is 89.0 Å². The summed E-state index contributed by atoms with van der Waals surface area (Å²) < 4.78 is 0. The molecule has 0 spiro atoms. The summed E-state index contributed by atoms with van der Waals surface area (Å²) >= 11 is 0. The molecule has 0 N–H and O–H groups in total. The zero-order valence-electron chi connectivity index (χ0n) is 12.0. The molecule has 100 valence electrons. The number of hydrogen-bond acceptors (Lipinski definition) is 0. The van der Waals surface area contributed by atoms with Crippen LogP contribution in [0.25, 0.3) is 5.57 Å². The molecule has 0 aliphatic heterocycles. The second-order valence-electron chi connectivity index (χ2n) is 5.45. The molecule has 0 heteroatoms. The molecule has 0 bridgehead atoms. The summed E-state index contributed by atoms with van der Waals surface area (Å²) in [6, 6.07) is 17.7. The Morgan fingerprint density at radius 2 is 1.70 bits per heavy atom. The van der Waals surface area contributed by atoms with Gasteiger partial charge in [0.15, 0.2) is 0 Å². The van der Waals surface area contributed by atoms with Crippen molar-refractivity contribution in [2.75, 3.05) is 0 Å². The zero-order valence-corrected chi connectivity index (χ0v) is 12.0. The van der Waals surface area contributed by atoms with E-state index >= 15 is 0 Å². The van der Waals surface area contributed by atoms with Crippen molar-refractivity contribution >= 4 is 5.57 Å². The van der Waals surface area contributed by atoms with Crippen molar-refractivity contribution in [2.24, 2.45) is 0 Å². The zero-order chi connectivity index (χ0) is 13.8. The number of allylic oxidation sites excluding steroid dienone is 4. The molecule has 0 unspecified atom stereocenters. The normalized spacial score (nSPS) is 13.6. The minimum atomic E-state index is 1.07. The molecule has 0 amide bonds. The van der Waals surface area contributed by atoms with Crippen LogP contribution in [0.1, 0.15) is 28.7 Å². The van der Waals surface area contributed by atoms with Gasteiger partial charge in [-0.3, -0.25) is 0 Å². The van der Waals surface area contributed by atoms with Crippen LogP contribution in [0.4, 0.5) is 0 Å².